The summed E-state index contributed by atoms with van der Waals surface area (Å²) in [6, 6.07) is 14.9. The van der Waals surface area contributed by atoms with Crippen LogP contribution in [0.1, 0.15) is 24.1 Å². The number of methoxy groups -OCH3 is 1. The summed E-state index contributed by atoms with van der Waals surface area (Å²) in [7, 11) is 1.62. The Balaban J connectivity index is 1.59. The smallest absolute Gasteiger partial charge is 0.236 e. The molecule has 5 nitrogen and oxygen atoms in total. The van der Waals surface area contributed by atoms with Crippen LogP contribution in [0.4, 0.5) is 5.69 Å². The second-order valence-corrected chi connectivity index (χ2v) is 7.16. The van der Waals surface area contributed by atoms with Crippen molar-refractivity contribution < 1.29 is 14.1 Å². The van der Waals surface area contributed by atoms with Gasteiger partial charge in [0, 0.05) is 22.3 Å². The molecule has 0 radical (unpaired) electrons. The van der Waals surface area contributed by atoms with Gasteiger partial charge < -0.3 is 14.6 Å². The summed E-state index contributed by atoms with van der Waals surface area (Å²) >= 11 is 6.15. The largest absolute Gasteiger partial charge is 0.497 e. The first kappa shape index (κ1) is 17.6. The Morgan fingerprint density at radius 2 is 2.00 bits per heavy atom. The van der Waals surface area contributed by atoms with Crippen LogP contribution in [0.2, 0.25) is 5.02 Å². The van der Waals surface area contributed by atoms with Gasteiger partial charge in [0.05, 0.1) is 18.2 Å². The predicted octanol–water partition coefficient (Wildman–Crippen LogP) is 4.98. The minimum absolute atomic E-state index is 0.0849. The highest BCUT2D eigenvalue weighted by molar-refractivity contribution is 6.31. The van der Waals surface area contributed by atoms with E-state index in [1.54, 1.807) is 13.2 Å². The molecular weight excluding hydrogens is 364 g/mol. The number of carbonyl (C=O) groups is 1. The molecule has 0 bridgehead atoms. The van der Waals surface area contributed by atoms with Crippen LogP contribution in [0.3, 0.4) is 0 Å². The number of hydrogen-bond donors (Lipinski definition) is 1. The maximum atomic E-state index is 13.0. The number of halogens is 1. The van der Waals surface area contributed by atoms with Crippen molar-refractivity contribution in [2.24, 2.45) is 0 Å². The van der Waals surface area contributed by atoms with E-state index in [0.29, 0.717) is 16.5 Å². The van der Waals surface area contributed by atoms with Gasteiger partial charge in [-0.15, -0.1) is 0 Å². The summed E-state index contributed by atoms with van der Waals surface area (Å²) in [6.45, 7) is 1.88. The average molecular weight is 383 g/mol. The van der Waals surface area contributed by atoms with E-state index in [4.69, 9.17) is 20.9 Å². The van der Waals surface area contributed by atoms with Gasteiger partial charge in [0.1, 0.15) is 5.75 Å². The van der Waals surface area contributed by atoms with Crippen LogP contribution in [0, 0.1) is 6.92 Å². The lowest BCUT2D eigenvalue weighted by molar-refractivity contribution is -0.118. The molecule has 27 heavy (non-hydrogen) atoms. The van der Waals surface area contributed by atoms with Crippen LogP contribution in [-0.2, 0) is 10.2 Å². The normalized spacial score (nSPS) is 14.6. The summed E-state index contributed by atoms with van der Waals surface area (Å²) in [5, 5.41) is 7.80. The number of anilines is 1. The van der Waals surface area contributed by atoms with Gasteiger partial charge in [0.2, 0.25) is 5.91 Å². The lowest BCUT2D eigenvalue weighted by atomic mass is 10.00. The van der Waals surface area contributed by atoms with E-state index in [9.17, 15) is 4.79 Å². The van der Waals surface area contributed by atoms with Crippen molar-refractivity contribution in [2.45, 2.75) is 25.2 Å². The first-order valence-electron chi connectivity index (χ1n) is 8.72. The van der Waals surface area contributed by atoms with E-state index in [2.05, 4.69) is 10.5 Å². The molecule has 0 aliphatic heterocycles. The van der Waals surface area contributed by atoms with Crippen molar-refractivity contribution in [3.8, 4) is 17.1 Å². The molecule has 1 heterocycles. The standard InChI is InChI=1S/C21H19ClN2O3/c1-13-16(22)7-4-8-17(13)23-20(25)21(9-10-21)19-12-18(27-24-19)14-5-3-6-15(11-14)26-2/h3-8,11-12H,9-10H2,1-2H3,(H,23,25). The highest BCUT2D eigenvalue weighted by atomic mass is 35.5. The minimum Gasteiger partial charge on any atom is -0.497 e. The SMILES string of the molecule is COc1cccc(-c2cc(C3(C(=O)Nc4cccc(Cl)c4C)CC3)no2)c1. The number of hydrogen-bond acceptors (Lipinski definition) is 4. The zero-order chi connectivity index (χ0) is 19.0. The van der Waals surface area contributed by atoms with Crippen molar-refractivity contribution in [2.75, 3.05) is 12.4 Å². The maximum absolute atomic E-state index is 13.0. The van der Waals surface area contributed by atoms with Crippen molar-refractivity contribution in [1.82, 2.24) is 5.16 Å². The van der Waals surface area contributed by atoms with Crippen LogP contribution in [-0.4, -0.2) is 18.2 Å². The molecule has 1 saturated carbocycles. The minimum atomic E-state index is -0.643. The molecule has 0 unspecified atom stereocenters. The molecule has 1 amide bonds. The van der Waals surface area contributed by atoms with Crippen molar-refractivity contribution in [1.29, 1.82) is 0 Å². The number of aromatic nitrogens is 1. The average Bonchev–Trinajstić information content (AvgIpc) is 3.35. The van der Waals surface area contributed by atoms with Gasteiger partial charge in [-0.3, -0.25) is 4.79 Å². The lowest BCUT2D eigenvalue weighted by Gasteiger charge is -2.14. The molecule has 1 aromatic heterocycles. The number of ether oxygens (including phenoxy) is 1. The molecular formula is C21H19ClN2O3. The van der Waals surface area contributed by atoms with Gasteiger partial charge in [-0.2, -0.15) is 0 Å². The summed E-state index contributed by atoms with van der Waals surface area (Å²) in [5.74, 6) is 1.26. The van der Waals surface area contributed by atoms with Crippen LogP contribution in [0.5, 0.6) is 5.75 Å². The molecule has 1 N–H and O–H groups in total. The number of nitrogens with one attached hydrogen (secondary N) is 1. The van der Waals surface area contributed by atoms with Gasteiger partial charge in [-0.05, 0) is 49.6 Å². The van der Waals surface area contributed by atoms with Crippen LogP contribution >= 0.6 is 11.6 Å². The van der Waals surface area contributed by atoms with E-state index in [0.717, 1.165) is 35.4 Å². The lowest BCUT2D eigenvalue weighted by Crippen LogP contribution is -2.28. The monoisotopic (exact) mass is 382 g/mol. The summed E-state index contributed by atoms with van der Waals surface area (Å²) in [4.78, 5) is 13.0. The molecule has 138 valence electrons. The maximum Gasteiger partial charge on any atom is 0.236 e. The van der Waals surface area contributed by atoms with Crippen molar-refractivity contribution in [3.63, 3.8) is 0 Å². The molecule has 2 aromatic carbocycles. The van der Waals surface area contributed by atoms with Crippen molar-refractivity contribution in [3.05, 3.63) is 64.8 Å². The third kappa shape index (κ3) is 3.19. The van der Waals surface area contributed by atoms with Crippen LogP contribution in [0.25, 0.3) is 11.3 Å². The third-order valence-corrected chi connectivity index (χ3v) is 5.46. The third-order valence-electron chi connectivity index (χ3n) is 5.06. The Hall–Kier alpha value is -2.79. The first-order chi connectivity index (χ1) is 13.0. The van der Waals surface area contributed by atoms with Gasteiger partial charge in [0.25, 0.3) is 0 Å². The Labute approximate surface area is 162 Å². The molecule has 1 fully saturated rings. The molecule has 0 saturated heterocycles. The Bertz CT molecular complexity index is 1010. The van der Waals surface area contributed by atoms with E-state index in [1.807, 2.05) is 49.4 Å². The number of carbonyl (C=O) groups excluding carboxylic acids is 1. The molecule has 1 aliphatic carbocycles. The van der Waals surface area contributed by atoms with Crippen molar-refractivity contribution >= 4 is 23.2 Å². The van der Waals surface area contributed by atoms with Crippen LogP contribution in [0.15, 0.2) is 53.1 Å². The van der Waals surface area contributed by atoms with Gasteiger partial charge in [-0.25, -0.2) is 0 Å². The summed E-state index contributed by atoms with van der Waals surface area (Å²) < 4.78 is 10.8. The predicted molar refractivity (Wildman–Crippen MR) is 104 cm³/mol. The zero-order valence-electron chi connectivity index (χ0n) is 15.1. The van der Waals surface area contributed by atoms with E-state index in [-0.39, 0.29) is 5.91 Å². The summed E-state index contributed by atoms with van der Waals surface area (Å²) in [5.41, 5.74) is 2.43. The zero-order valence-corrected chi connectivity index (χ0v) is 15.8. The summed E-state index contributed by atoms with van der Waals surface area (Å²) in [6.07, 6.45) is 1.48. The molecule has 1 aliphatic rings. The number of nitrogens with zero attached hydrogens (tertiary/aromatic N) is 1. The molecule has 0 atom stereocenters. The van der Waals surface area contributed by atoms with Gasteiger partial charge in [-0.1, -0.05) is 35.0 Å². The van der Waals surface area contributed by atoms with E-state index >= 15 is 0 Å². The van der Waals surface area contributed by atoms with Gasteiger partial charge in [0.15, 0.2) is 5.76 Å². The quantitative estimate of drug-likeness (QED) is 0.675. The highest BCUT2D eigenvalue weighted by Gasteiger charge is 2.54. The molecule has 4 rings (SSSR count). The molecule has 6 heteroatoms. The second kappa shape index (κ2) is 6.74. The second-order valence-electron chi connectivity index (χ2n) is 6.76. The number of rotatable bonds is 5. The fourth-order valence-electron chi connectivity index (χ4n) is 3.12. The Morgan fingerprint density at radius 3 is 2.74 bits per heavy atom. The first-order valence-corrected chi connectivity index (χ1v) is 9.09. The highest BCUT2D eigenvalue weighted by Crippen LogP contribution is 2.49. The topological polar surface area (TPSA) is 64.4 Å². The van der Waals surface area contributed by atoms with Crippen LogP contribution < -0.4 is 10.1 Å². The Morgan fingerprint density at radius 1 is 1.22 bits per heavy atom. The fraction of sp³-hybridized carbons (Fsp3) is 0.238. The van der Waals surface area contributed by atoms with E-state index < -0.39 is 5.41 Å². The van der Waals surface area contributed by atoms with E-state index in [1.165, 1.54) is 0 Å². The fourth-order valence-corrected chi connectivity index (χ4v) is 3.30. The number of amides is 1. The molecule has 0 spiro atoms. The molecule has 3 aromatic rings. The Kier molecular flexibility index (Phi) is 4.40. The number of benzene rings is 2. The van der Waals surface area contributed by atoms with Gasteiger partial charge >= 0.3 is 0 Å².